The maximum atomic E-state index is 12.0. The van der Waals surface area contributed by atoms with Crippen molar-refractivity contribution in [1.29, 1.82) is 0 Å². The van der Waals surface area contributed by atoms with Crippen LogP contribution in [0.15, 0.2) is 23.0 Å². The van der Waals surface area contributed by atoms with E-state index in [1.165, 1.54) is 37.7 Å². The average molecular weight is 396 g/mol. The number of hydrogen-bond acceptors (Lipinski definition) is 3. The minimum absolute atomic E-state index is 0.0119. The van der Waals surface area contributed by atoms with Crippen molar-refractivity contribution in [2.45, 2.75) is 91.3 Å². The molecule has 0 aromatic heterocycles. The van der Waals surface area contributed by atoms with Gasteiger partial charge in [-0.1, -0.05) is 40.2 Å². The minimum Gasteiger partial charge on any atom is -0.537 e. The smallest absolute Gasteiger partial charge is 0.531 e. The van der Waals surface area contributed by atoms with E-state index in [4.69, 9.17) is 9.31 Å². The van der Waals surface area contributed by atoms with E-state index in [1.54, 1.807) is 5.57 Å². The molecule has 0 amide bonds. The Bertz CT molecular complexity index is 790. The number of ketones is 1. The van der Waals surface area contributed by atoms with Crippen molar-refractivity contribution in [3.05, 3.63) is 23.0 Å². The molecule has 5 atom stereocenters. The molecule has 4 aliphatic carbocycles. The molecule has 0 bridgehead atoms. The Morgan fingerprint density at radius 1 is 1.00 bits per heavy atom. The van der Waals surface area contributed by atoms with E-state index < -0.39 is 0 Å². The Balaban J connectivity index is 1.43. The van der Waals surface area contributed by atoms with Gasteiger partial charge in [0.2, 0.25) is 0 Å². The maximum absolute atomic E-state index is 12.0. The van der Waals surface area contributed by atoms with Crippen molar-refractivity contribution in [2.75, 3.05) is 6.61 Å². The van der Waals surface area contributed by atoms with Gasteiger partial charge in [-0.25, -0.2) is 0 Å². The van der Waals surface area contributed by atoms with Crippen LogP contribution in [0.25, 0.3) is 0 Å². The summed E-state index contributed by atoms with van der Waals surface area (Å²) < 4.78 is 12.4. The third-order valence-corrected chi connectivity index (χ3v) is 9.41. The van der Waals surface area contributed by atoms with Crippen LogP contribution >= 0.6 is 0 Å². The van der Waals surface area contributed by atoms with Gasteiger partial charge in [-0.15, -0.1) is 0 Å². The molecule has 0 N–H and O–H groups in total. The largest absolute Gasteiger partial charge is 0.537 e. The van der Waals surface area contributed by atoms with Crippen molar-refractivity contribution in [2.24, 2.45) is 28.6 Å². The van der Waals surface area contributed by atoms with Crippen LogP contribution < -0.4 is 0 Å². The highest BCUT2D eigenvalue weighted by molar-refractivity contribution is 6.49. The highest BCUT2D eigenvalue weighted by atomic mass is 16.6. The minimum atomic E-state index is -0.120. The van der Waals surface area contributed by atoms with Crippen LogP contribution in [0.1, 0.15) is 86.0 Å². The summed E-state index contributed by atoms with van der Waals surface area (Å²) in [6.45, 7) is 12.2. The van der Waals surface area contributed by atoms with Gasteiger partial charge >= 0.3 is 7.12 Å². The maximum Gasteiger partial charge on any atom is 0.531 e. The third-order valence-electron chi connectivity index (χ3n) is 9.41. The van der Waals surface area contributed by atoms with Gasteiger partial charge in [0.05, 0.1) is 6.61 Å². The Morgan fingerprint density at radius 2 is 1.76 bits per heavy atom. The van der Waals surface area contributed by atoms with Gasteiger partial charge < -0.3 is 9.31 Å². The molecule has 3 saturated carbocycles. The second-order valence-electron chi connectivity index (χ2n) is 12.0. The molecule has 0 spiro atoms. The third kappa shape index (κ3) is 2.91. The molecular formula is C25H37BO3. The zero-order chi connectivity index (χ0) is 20.6. The van der Waals surface area contributed by atoms with E-state index in [0.717, 1.165) is 42.8 Å². The fourth-order valence-corrected chi connectivity index (χ4v) is 7.76. The molecule has 5 aliphatic rings. The molecular weight excluding hydrogens is 359 g/mol. The Morgan fingerprint density at radius 3 is 2.48 bits per heavy atom. The van der Waals surface area contributed by atoms with E-state index in [9.17, 15) is 4.79 Å². The number of rotatable bonds is 0. The summed E-state index contributed by atoms with van der Waals surface area (Å²) in [6, 6.07) is 0. The van der Waals surface area contributed by atoms with E-state index >= 15 is 0 Å². The van der Waals surface area contributed by atoms with Gasteiger partial charge in [0.25, 0.3) is 0 Å². The van der Waals surface area contributed by atoms with Gasteiger partial charge in [0.15, 0.2) is 5.78 Å². The van der Waals surface area contributed by atoms with Crippen LogP contribution in [0.4, 0.5) is 0 Å². The average Bonchev–Trinajstić information content (AvgIpc) is 3.26. The van der Waals surface area contributed by atoms with E-state index in [0.29, 0.717) is 12.4 Å². The van der Waals surface area contributed by atoms with Crippen LogP contribution in [-0.4, -0.2) is 19.5 Å². The number of carbonyl (C=O) groups is 1. The first-order valence-corrected chi connectivity index (χ1v) is 11.9. The molecule has 1 saturated heterocycles. The Kier molecular flexibility index (Phi) is 4.45. The SMILES string of the molecule is CC(C)(C)B1OC/C(=C2\CC[C@H]3[C@@H]4CCC5=CC(=O)CC[C@]5(C)[C@H]4CC[C@]23C)O1. The van der Waals surface area contributed by atoms with Gasteiger partial charge in [-0.05, 0) is 85.2 Å². The van der Waals surface area contributed by atoms with Gasteiger partial charge in [0.1, 0.15) is 5.76 Å². The van der Waals surface area contributed by atoms with Crippen molar-refractivity contribution >= 4 is 12.9 Å². The summed E-state index contributed by atoms with van der Waals surface area (Å²) in [5, 5.41) is 0.0119. The van der Waals surface area contributed by atoms with Crippen molar-refractivity contribution in [1.82, 2.24) is 0 Å². The zero-order valence-electron chi connectivity index (χ0n) is 19.0. The highest BCUT2D eigenvalue weighted by Crippen LogP contribution is 2.67. The molecule has 29 heavy (non-hydrogen) atoms. The molecule has 0 radical (unpaired) electrons. The summed E-state index contributed by atoms with van der Waals surface area (Å²) in [5.41, 5.74) is 3.57. The number of allylic oxidation sites excluding steroid dienone is 2. The zero-order valence-corrected chi connectivity index (χ0v) is 19.0. The second-order valence-corrected chi connectivity index (χ2v) is 12.0. The molecule has 3 nitrogen and oxygen atoms in total. The number of carbonyl (C=O) groups excluding carboxylic acids is 1. The lowest BCUT2D eigenvalue weighted by Gasteiger charge is -2.57. The molecule has 5 rings (SSSR count). The summed E-state index contributed by atoms with van der Waals surface area (Å²) in [5.74, 6) is 3.82. The van der Waals surface area contributed by atoms with E-state index in [-0.39, 0.29) is 23.3 Å². The second kappa shape index (κ2) is 6.49. The summed E-state index contributed by atoms with van der Waals surface area (Å²) in [7, 11) is -0.120. The lowest BCUT2D eigenvalue weighted by Crippen LogP contribution is -2.49. The monoisotopic (exact) mass is 396 g/mol. The van der Waals surface area contributed by atoms with Crippen molar-refractivity contribution in [3.8, 4) is 0 Å². The fourth-order valence-electron chi connectivity index (χ4n) is 7.76. The Hall–Kier alpha value is -1.03. The normalized spacial score (nSPS) is 44.7. The topological polar surface area (TPSA) is 35.5 Å². The molecule has 0 aromatic rings. The van der Waals surface area contributed by atoms with Gasteiger partial charge in [0, 0.05) is 11.7 Å². The molecule has 1 aliphatic heterocycles. The predicted molar refractivity (Wildman–Crippen MR) is 116 cm³/mol. The van der Waals surface area contributed by atoms with Crippen LogP contribution in [0.5, 0.6) is 0 Å². The lowest BCUT2D eigenvalue weighted by molar-refractivity contribution is -0.117. The first-order chi connectivity index (χ1) is 13.6. The lowest BCUT2D eigenvalue weighted by atomic mass is 9.47. The van der Waals surface area contributed by atoms with Gasteiger partial charge in [-0.2, -0.15) is 0 Å². The predicted octanol–water partition coefficient (Wildman–Crippen LogP) is 6.11. The molecule has 0 unspecified atom stereocenters. The van der Waals surface area contributed by atoms with Crippen LogP contribution in [0.2, 0.25) is 5.31 Å². The quantitative estimate of drug-likeness (QED) is 0.464. The van der Waals surface area contributed by atoms with Gasteiger partial charge in [-0.3, -0.25) is 4.79 Å². The fraction of sp³-hybridized carbons (Fsp3) is 0.800. The standard InChI is InChI=1S/C25H37BO3/c1-23(2,3)26-28-15-22(29-26)21-9-8-19-18-7-6-16-14-17(27)10-12-24(16,4)20(18)11-13-25(19,21)5/h14,18-20H,6-13,15H2,1-5H3/b22-21-/t18-,19-,20-,24-,25-/m0/s1. The first-order valence-electron chi connectivity index (χ1n) is 11.9. The Labute approximate surface area is 176 Å². The van der Waals surface area contributed by atoms with E-state index in [1.807, 2.05) is 6.08 Å². The molecule has 4 heteroatoms. The number of fused-ring (bicyclic) bond motifs is 5. The molecule has 4 fully saturated rings. The molecule has 1 heterocycles. The number of hydrogen-bond donors (Lipinski definition) is 0. The first kappa shape index (κ1) is 19.9. The van der Waals surface area contributed by atoms with Crippen LogP contribution in [-0.2, 0) is 14.1 Å². The summed E-state index contributed by atoms with van der Waals surface area (Å²) in [6.07, 6.45) is 11.3. The molecule has 0 aromatic carbocycles. The van der Waals surface area contributed by atoms with E-state index in [2.05, 4.69) is 34.6 Å². The van der Waals surface area contributed by atoms with Crippen LogP contribution in [0, 0.1) is 28.6 Å². The van der Waals surface area contributed by atoms with Crippen molar-refractivity contribution < 1.29 is 14.1 Å². The van der Waals surface area contributed by atoms with Crippen molar-refractivity contribution in [3.63, 3.8) is 0 Å². The highest BCUT2D eigenvalue weighted by Gasteiger charge is 2.58. The summed E-state index contributed by atoms with van der Waals surface area (Å²) in [4.78, 5) is 12.0. The molecule has 158 valence electrons. The van der Waals surface area contributed by atoms with Crippen LogP contribution in [0.3, 0.4) is 0 Å². The summed E-state index contributed by atoms with van der Waals surface area (Å²) >= 11 is 0.